The molecule has 5 rings (SSSR count). The van der Waals surface area contributed by atoms with Crippen LogP contribution in [-0.4, -0.2) is 28.3 Å². The van der Waals surface area contributed by atoms with Gasteiger partial charge in [0.2, 0.25) is 0 Å². The largest absolute Gasteiger partial charge is 0.494 e. The lowest BCUT2D eigenvalue weighted by molar-refractivity contribution is 0.00578. The average Bonchev–Trinajstić information content (AvgIpc) is 3.13. The van der Waals surface area contributed by atoms with Gasteiger partial charge in [-0.1, -0.05) is 79.9 Å². The summed E-state index contributed by atoms with van der Waals surface area (Å²) in [5.74, 6) is 0.660. The summed E-state index contributed by atoms with van der Waals surface area (Å²) in [6.07, 6.45) is 12.4. The van der Waals surface area contributed by atoms with E-state index in [9.17, 15) is 0 Å². The molecule has 5 heteroatoms. The van der Waals surface area contributed by atoms with Crippen molar-refractivity contribution in [2.45, 2.75) is 51.7 Å². The van der Waals surface area contributed by atoms with Crippen molar-refractivity contribution in [1.82, 2.24) is 9.97 Å². The van der Waals surface area contributed by atoms with Crippen LogP contribution in [0.5, 0.6) is 0 Å². The summed E-state index contributed by atoms with van der Waals surface area (Å²) in [5, 5.41) is 0.983. The van der Waals surface area contributed by atoms with Gasteiger partial charge in [0.05, 0.1) is 22.4 Å². The van der Waals surface area contributed by atoms with Crippen LogP contribution in [0, 0.1) is 0 Å². The van der Waals surface area contributed by atoms with Crippen LogP contribution in [0.3, 0.4) is 0 Å². The second-order valence-corrected chi connectivity index (χ2v) is 10.6. The molecule has 1 aliphatic carbocycles. The first-order chi connectivity index (χ1) is 17.7. The summed E-state index contributed by atoms with van der Waals surface area (Å²) < 4.78 is 12.4. The van der Waals surface area contributed by atoms with Crippen LogP contribution in [0.2, 0.25) is 0 Å². The van der Waals surface area contributed by atoms with E-state index in [1.807, 2.05) is 48.5 Å². The molecule has 0 amide bonds. The van der Waals surface area contributed by atoms with Crippen LogP contribution in [0.1, 0.15) is 46.2 Å². The van der Waals surface area contributed by atoms with Crippen LogP contribution < -0.4 is 5.46 Å². The maximum Gasteiger partial charge on any atom is 0.494 e. The fourth-order valence-electron chi connectivity index (χ4n) is 4.57. The number of benzene rings is 2. The number of fused-ring (bicyclic) bond motifs is 1. The van der Waals surface area contributed by atoms with Gasteiger partial charge in [-0.2, -0.15) is 0 Å². The Morgan fingerprint density at radius 2 is 1.68 bits per heavy atom. The topological polar surface area (TPSA) is 44.2 Å². The molecule has 1 fully saturated rings. The van der Waals surface area contributed by atoms with Crippen molar-refractivity contribution in [3.63, 3.8) is 0 Å². The van der Waals surface area contributed by atoms with E-state index in [1.54, 1.807) is 0 Å². The van der Waals surface area contributed by atoms with Gasteiger partial charge in [0.25, 0.3) is 0 Å². The number of hydrogen-bond acceptors (Lipinski definition) is 4. The molecule has 1 aromatic heterocycles. The fraction of sp³-hybridized carbons (Fsp3) is 0.250. The molecule has 0 unspecified atom stereocenters. The minimum atomic E-state index is -0.405. The number of para-hydroxylation sites is 1. The van der Waals surface area contributed by atoms with E-state index >= 15 is 0 Å². The zero-order chi connectivity index (χ0) is 26.2. The van der Waals surface area contributed by atoms with Crippen LogP contribution in [0.25, 0.3) is 27.9 Å². The molecule has 0 atom stereocenters. The van der Waals surface area contributed by atoms with Gasteiger partial charge in [0.15, 0.2) is 5.82 Å². The van der Waals surface area contributed by atoms with Gasteiger partial charge in [-0.05, 0) is 69.3 Å². The predicted molar refractivity (Wildman–Crippen MR) is 154 cm³/mol. The van der Waals surface area contributed by atoms with Gasteiger partial charge in [0, 0.05) is 16.5 Å². The average molecular weight is 488 g/mol. The first kappa shape index (κ1) is 25.1. The minimum absolute atomic E-state index is 0.381. The van der Waals surface area contributed by atoms with Gasteiger partial charge >= 0.3 is 7.12 Å². The van der Waals surface area contributed by atoms with Gasteiger partial charge in [0.1, 0.15) is 0 Å². The maximum absolute atomic E-state index is 6.22. The molecule has 0 N–H and O–H groups in total. The third-order valence-corrected chi connectivity index (χ3v) is 7.55. The molecule has 2 heterocycles. The van der Waals surface area contributed by atoms with Gasteiger partial charge < -0.3 is 9.31 Å². The lowest BCUT2D eigenvalue weighted by Gasteiger charge is -2.32. The molecular formula is C32H33BN2O2. The number of allylic oxidation sites excluding steroid dienone is 8. The second kappa shape index (κ2) is 9.73. The molecule has 37 heavy (non-hydrogen) atoms. The summed E-state index contributed by atoms with van der Waals surface area (Å²) >= 11 is 0. The standard InChI is InChI=1S/C32H33BN2O2/c1-7-23(21-22(2)24-13-9-8-10-14-24)29-27-15-11-12-16-28(27)34-30(35-29)25-17-19-26(20-18-25)33-36-31(3,4)32(5,6)37-33/h7-9,11-13,15-21H,1-2,10,14H2,3-6H3/b23-21+. The fourth-order valence-corrected chi connectivity index (χ4v) is 4.57. The molecule has 0 radical (unpaired) electrons. The Morgan fingerprint density at radius 3 is 2.32 bits per heavy atom. The van der Waals surface area contributed by atoms with Crippen molar-refractivity contribution in [3.05, 3.63) is 109 Å². The van der Waals surface area contributed by atoms with E-state index < -0.39 is 7.12 Å². The number of nitrogens with zero attached hydrogens (tertiary/aromatic N) is 2. The Labute approximate surface area is 220 Å². The predicted octanol–water partition coefficient (Wildman–Crippen LogP) is 7.00. The van der Waals surface area contributed by atoms with Crippen molar-refractivity contribution >= 4 is 29.1 Å². The summed E-state index contributed by atoms with van der Waals surface area (Å²) in [4.78, 5) is 9.91. The van der Waals surface area contributed by atoms with Gasteiger partial charge in [-0.15, -0.1) is 0 Å². The van der Waals surface area contributed by atoms with Crippen molar-refractivity contribution in [3.8, 4) is 11.4 Å². The Bertz CT molecular complexity index is 1450. The first-order valence-electron chi connectivity index (χ1n) is 12.8. The molecule has 1 aliphatic heterocycles. The lowest BCUT2D eigenvalue weighted by Crippen LogP contribution is -2.41. The van der Waals surface area contributed by atoms with Crippen molar-refractivity contribution in [2.75, 3.05) is 0 Å². The van der Waals surface area contributed by atoms with E-state index in [2.05, 4.69) is 71.2 Å². The Kier molecular flexibility index (Phi) is 6.61. The van der Waals surface area contributed by atoms with Crippen LogP contribution in [-0.2, 0) is 9.31 Å². The van der Waals surface area contributed by atoms with Crippen LogP contribution in [0.4, 0.5) is 0 Å². The van der Waals surface area contributed by atoms with Gasteiger partial charge in [-0.25, -0.2) is 9.97 Å². The zero-order valence-electron chi connectivity index (χ0n) is 22.1. The molecule has 2 aliphatic rings. The molecular weight excluding hydrogens is 455 g/mol. The quantitative estimate of drug-likeness (QED) is 0.277. The maximum atomic E-state index is 6.22. The zero-order valence-corrected chi connectivity index (χ0v) is 22.1. The van der Waals surface area contributed by atoms with Crippen molar-refractivity contribution < 1.29 is 9.31 Å². The van der Waals surface area contributed by atoms with Crippen molar-refractivity contribution in [2.24, 2.45) is 0 Å². The molecule has 186 valence electrons. The summed E-state index contributed by atoms with van der Waals surface area (Å²) in [7, 11) is -0.405. The van der Waals surface area contributed by atoms with Crippen LogP contribution >= 0.6 is 0 Å². The van der Waals surface area contributed by atoms with E-state index in [4.69, 9.17) is 19.3 Å². The highest BCUT2D eigenvalue weighted by Gasteiger charge is 2.51. The Balaban J connectivity index is 1.52. The molecule has 0 saturated carbocycles. The third-order valence-electron chi connectivity index (χ3n) is 7.55. The molecule has 3 aromatic rings. The highest BCUT2D eigenvalue weighted by molar-refractivity contribution is 6.62. The Morgan fingerprint density at radius 1 is 0.973 bits per heavy atom. The van der Waals surface area contributed by atoms with E-state index in [0.29, 0.717) is 5.82 Å². The lowest BCUT2D eigenvalue weighted by atomic mass is 9.79. The molecule has 2 aromatic carbocycles. The van der Waals surface area contributed by atoms with Crippen LogP contribution in [0.15, 0.2) is 103 Å². The molecule has 0 bridgehead atoms. The molecule has 0 spiro atoms. The van der Waals surface area contributed by atoms with Crippen molar-refractivity contribution in [1.29, 1.82) is 0 Å². The summed E-state index contributed by atoms with van der Waals surface area (Å²) in [5.41, 5.74) is 6.01. The highest BCUT2D eigenvalue weighted by Crippen LogP contribution is 2.36. The Hall–Kier alpha value is -3.54. The second-order valence-electron chi connectivity index (χ2n) is 10.6. The van der Waals surface area contributed by atoms with E-state index in [-0.39, 0.29) is 11.2 Å². The smallest absolute Gasteiger partial charge is 0.399 e. The summed E-state index contributed by atoms with van der Waals surface area (Å²) in [6.45, 7) is 16.7. The van der Waals surface area contributed by atoms with Gasteiger partial charge in [-0.3, -0.25) is 0 Å². The van der Waals surface area contributed by atoms with E-state index in [0.717, 1.165) is 51.6 Å². The highest BCUT2D eigenvalue weighted by atomic mass is 16.7. The van der Waals surface area contributed by atoms with E-state index in [1.165, 1.54) is 5.57 Å². The monoisotopic (exact) mass is 488 g/mol. The number of aromatic nitrogens is 2. The minimum Gasteiger partial charge on any atom is -0.399 e. The normalized spacial score (nSPS) is 18.6. The number of hydrogen-bond donors (Lipinski definition) is 0. The SMILES string of the molecule is C=C/C(=C\C(=C)C1=CC=CCC1)c1nc(-c2ccc(B3OC(C)(C)C(C)(C)O3)cc2)nc2ccccc12. The third kappa shape index (κ3) is 4.89. The first-order valence-corrected chi connectivity index (χ1v) is 12.8. The summed E-state index contributed by atoms with van der Waals surface area (Å²) in [6, 6.07) is 16.2. The molecule has 1 saturated heterocycles. The molecule has 4 nitrogen and oxygen atoms in total. The number of rotatable bonds is 6.